The molecule has 2 aromatic carbocycles. The molecule has 0 radical (unpaired) electrons. The van der Waals surface area contributed by atoms with Gasteiger partial charge in [-0.25, -0.2) is 0 Å². The van der Waals surface area contributed by atoms with E-state index >= 15 is 0 Å². The first-order valence-corrected chi connectivity index (χ1v) is 6.75. The van der Waals surface area contributed by atoms with Gasteiger partial charge in [0, 0.05) is 6.42 Å². The molecule has 0 atom stereocenters. The Morgan fingerprint density at radius 1 is 1.05 bits per heavy atom. The van der Waals surface area contributed by atoms with E-state index in [1.807, 2.05) is 42.5 Å². The number of aliphatic hydroxyl groups is 2. The van der Waals surface area contributed by atoms with Crippen molar-refractivity contribution >= 4 is 11.4 Å². The molecular formula is C17H18N2O2. The molecule has 0 unspecified atom stereocenters. The van der Waals surface area contributed by atoms with E-state index in [2.05, 4.69) is 16.8 Å². The number of hydrogen-bond donors (Lipinski definition) is 2. The van der Waals surface area contributed by atoms with E-state index in [4.69, 9.17) is 5.11 Å². The first-order valence-electron chi connectivity index (χ1n) is 6.75. The Bertz CT molecular complexity index is 651. The fraction of sp³-hybridized carbons (Fsp3) is 0.176. The SMILES string of the molecule is C=C(O)CCc1ccccc1N=Nc1cccc(CO)c1. The van der Waals surface area contributed by atoms with E-state index in [0.29, 0.717) is 18.5 Å². The molecule has 108 valence electrons. The molecule has 0 heterocycles. The van der Waals surface area contributed by atoms with Crippen molar-refractivity contribution in [1.29, 1.82) is 0 Å². The standard InChI is InChI=1S/C17H18N2O2/c1-13(21)9-10-15-6-2-3-8-17(15)19-18-16-7-4-5-14(11-16)12-20/h2-8,11,20-21H,1,9-10,12H2. The van der Waals surface area contributed by atoms with Crippen LogP contribution >= 0.6 is 0 Å². The molecule has 0 aliphatic carbocycles. The van der Waals surface area contributed by atoms with Crippen LogP contribution in [-0.2, 0) is 13.0 Å². The predicted octanol–water partition coefficient (Wildman–Crippen LogP) is 4.60. The second kappa shape index (κ2) is 7.36. The lowest BCUT2D eigenvalue weighted by Gasteiger charge is -2.04. The summed E-state index contributed by atoms with van der Waals surface area (Å²) in [7, 11) is 0. The number of hydrogen-bond acceptors (Lipinski definition) is 4. The summed E-state index contributed by atoms with van der Waals surface area (Å²) in [4.78, 5) is 0. The maximum absolute atomic E-state index is 9.20. The number of aliphatic hydroxyl groups excluding tert-OH is 2. The van der Waals surface area contributed by atoms with E-state index in [-0.39, 0.29) is 12.4 Å². The summed E-state index contributed by atoms with van der Waals surface area (Å²) < 4.78 is 0. The van der Waals surface area contributed by atoms with Crippen LogP contribution in [0.15, 0.2) is 71.1 Å². The molecule has 0 aromatic heterocycles. The molecule has 4 nitrogen and oxygen atoms in total. The van der Waals surface area contributed by atoms with Crippen LogP contribution in [0.5, 0.6) is 0 Å². The average molecular weight is 282 g/mol. The van der Waals surface area contributed by atoms with E-state index in [1.54, 1.807) is 6.07 Å². The topological polar surface area (TPSA) is 65.2 Å². The van der Waals surface area contributed by atoms with Crippen molar-refractivity contribution in [2.24, 2.45) is 10.2 Å². The smallest absolute Gasteiger partial charge is 0.0889 e. The second-order valence-electron chi connectivity index (χ2n) is 4.72. The van der Waals surface area contributed by atoms with Gasteiger partial charge in [-0.05, 0) is 35.7 Å². The lowest BCUT2D eigenvalue weighted by atomic mass is 10.1. The van der Waals surface area contributed by atoms with Gasteiger partial charge in [0.25, 0.3) is 0 Å². The Labute approximate surface area is 124 Å². The van der Waals surface area contributed by atoms with Crippen molar-refractivity contribution < 1.29 is 10.2 Å². The van der Waals surface area contributed by atoms with E-state index in [9.17, 15) is 5.11 Å². The van der Waals surface area contributed by atoms with Crippen molar-refractivity contribution in [3.05, 3.63) is 72.0 Å². The van der Waals surface area contributed by atoms with Crippen molar-refractivity contribution in [1.82, 2.24) is 0 Å². The molecule has 0 aliphatic rings. The third-order valence-corrected chi connectivity index (χ3v) is 3.04. The first-order chi connectivity index (χ1) is 10.2. The highest BCUT2D eigenvalue weighted by molar-refractivity contribution is 5.47. The van der Waals surface area contributed by atoms with Crippen molar-refractivity contribution in [2.75, 3.05) is 0 Å². The molecular weight excluding hydrogens is 264 g/mol. The normalized spacial score (nSPS) is 10.9. The quantitative estimate of drug-likeness (QED) is 0.600. The molecule has 0 saturated heterocycles. The molecule has 0 bridgehead atoms. The maximum atomic E-state index is 9.20. The predicted molar refractivity (Wildman–Crippen MR) is 83.1 cm³/mol. The van der Waals surface area contributed by atoms with Crippen molar-refractivity contribution in [3.8, 4) is 0 Å². The summed E-state index contributed by atoms with van der Waals surface area (Å²) in [5.41, 5.74) is 3.28. The summed E-state index contributed by atoms with van der Waals surface area (Å²) in [6.45, 7) is 3.48. The van der Waals surface area contributed by atoms with Crippen LogP contribution in [0.1, 0.15) is 17.5 Å². The summed E-state index contributed by atoms with van der Waals surface area (Å²) in [6.07, 6.45) is 1.17. The van der Waals surface area contributed by atoms with Crippen LogP contribution in [0, 0.1) is 0 Å². The largest absolute Gasteiger partial charge is 0.513 e. The van der Waals surface area contributed by atoms with Gasteiger partial charge in [-0.2, -0.15) is 10.2 Å². The molecule has 21 heavy (non-hydrogen) atoms. The third-order valence-electron chi connectivity index (χ3n) is 3.04. The van der Waals surface area contributed by atoms with E-state index in [1.165, 1.54) is 0 Å². The molecule has 0 spiro atoms. The number of nitrogens with zero attached hydrogens (tertiary/aromatic N) is 2. The fourth-order valence-corrected chi connectivity index (χ4v) is 1.93. The highest BCUT2D eigenvalue weighted by Gasteiger charge is 2.02. The van der Waals surface area contributed by atoms with Gasteiger partial charge < -0.3 is 10.2 Å². The zero-order valence-corrected chi connectivity index (χ0v) is 11.7. The number of azo groups is 1. The summed E-state index contributed by atoms with van der Waals surface area (Å²) in [5.74, 6) is 0.164. The zero-order chi connectivity index (χ0) is 15.1. The minimum Gasteiger partial charge on any atom is -0.513 e. The Morgan fingerprint density at radius 2 is 1.86 bits per heavy atom. The van der Waals surface area contributed by atoms with E-state index in [0.717, 1.165) is 16.8 Å². The fourth-order valence-electron chi connectivity index (χ4n) is 1.93. The van der Waals surface area contributed by atoms with Gasteiger partial charge in [0.05, 0.1) is 23.7 Å². The molecule has 0 aliphatic heterocycles. The van der Waals surface area contributed by atoms with Crippen LogP contribution in [0.2, 0.25) is 0 Å². The van der Waals surface area contributed by atoms with Crippen LogP contribution in [0.3, 0.4) is 0 Å². The van der Waals surface area contributed by atoms with E-state index < -0.39 is 0 Å². The Hall–Kier alpha value is -2.46. The van der Waals surface area contributed by atoms with Crippen LogP contribution < -0.4 is 0 Å². The monoisotopic (exact) mass is 282 g/mol. The van der Waals surface area contributed by atoms with Crippen molar-refractivity contribution in [3.63, 3.8) is 0 Å². The van der Waals surface area contributed by atoms with Crippen LogP contribution in [-0.4, -0.2) is 10.2 Å². The van der Waals surface area contributed by atoms with Gasteiger partial charge in [0.2, 0.25) is 0 Å². The highest BCUT2D eigenvalue weighted by atomic mass is 16.3. The lowest BCUT2D eigenvalue weighted by molar-refractivity contribution is 0.282. The minimum absolute atomic E-state index is 0.0153. The van der Waals surface area contributed by atoms with Gasteiger partial charge >= 0.3 is 0 Å². The molecule has 0 fully saturated rings. The summed E-state index contributed by atoms with van der Waals surface area (Å²) >= 11 is 0. The highest BCUT2D eigenvalue weighted by Crippen LogP contribution is 2.24. The zero-order valence-electron chi connectivity index (χ0n) is 11.7. The van der Waals surface area contributed by atoms with Crippen LogP contribution in [0.4, 0.5) is 11.4 Å². The number of benzene rings is 2. The molecule has 0 amide bonds. The van der Waals surface area contributed by atoms with Gasteiger partial charge in [-0.1, -0.05) is 36.9 Å². The summed E-state index contributed by atoms with van der Waals surface area (Å²) in [5, 5.41) is 26.8. The van der Waals surface area contributed by atoms with Crippen LogP contribution in [0.25, 0.3) is 0 Å². The molecule has 0 saturated carbocycles. The number of rotatable bonds is 6. The van der Waals surface area contributed by atoms with Gasteiger partial charge in [-0.15, -0.1) is 0 Å². The summed E-state index contributed by atoms with van der Waals surface area (Å²) in [6, 6.07) is 15.0. The number of allylic oxidation sites excluding steroid dienone is 1. The third kappa shape index (κ3) is 4.54. The Morgan fingerprint density at radius 3 is 2.62 bits per heavy atom. The van der Waals surface area contributed by atoms with Gasteiger partial charge in [0.15, 0.2) is 0 Å². The molecule has 2 aromatic rings. The first kappa shape index (κ1) is 14.9. The molecule has 4 heteroatoms. The Balaban J connectivity index is 2.18. The van der Waals surface area contributed by atoms with Gasteiger partial charge in [0.1, 0.15) is 0 Å². The van der Waals surface area contributed by atoms with Crippen molar-refractivity contribution in [2.45, 2.75) is 19.4 Å². The maximum Gasteiger partial charge on any atom is 0.0889 e. The molecule has 2 N–H and O–H groups in total. The minimum atomic E-state index is -0.0153. The Kier molecular flexibility index (Phi) is 5.23. The second-order valence-corrected chi connectivity index (χ2v) is 4.72. The number of aryl methyl sites for hydroxylation is 1. The molecule has 2 rings (SSSR count). The van der Waals surface area contributed by atoms with Gasteiger partial charge in [-0.3, -0.25) is 0 Å². The lowest BCUT2D eigenvalue weighted by Crippen LogP contribution is -1.87. The average Bonchev–Trinajstić information content (AvgIpc) is 2.52.